The van der Waals surface area contributed by atoms with Crippen LogP contribution < -0.4 is 5.32 Å². The normalized spacial score (nSPS) is 34.8. The summed E-state index contributed by atoms with van der Waals surface area (Å²) < 4.78 is 15.0. The maximum atomic E-state index is 15.0. The first-order valence-electron chi connectivity index (χ1n) is 6.44. The van der Waals surface area contributed by atoms with Gasteiger partial charge in [0.05, 0.1) is 10.0 Å². The molecule has 2 unspecified atom stereocenters. The molecule has 1 aromatic carbocycles. The van der Waals surface area contributed by atoms with Crippen LogP contribution in [-0.4, -0.2) is 17.8 Å². The van der Waals surface area contributed by atoms with Gasteiger partial charge in [-0.3, -0.25) is 0 Å². The van der Waals surface area contributed by atoms with Crippen molar-refractivity contribution < 1.29 is 4.39 Å². The molecule has 98 valence electrons. The van der Waals surface area contributed by atoms with Gasteiger partial charge in [-0.1, -0.05) is 35.3 Å². The van der Waals surface area contributed by atoms with Gasteiger partial charge in [0.1, 0.15) is 5.67 Å². The smallest absolute Gasteiger partial charge is 0.118 e. The molecule has 2 fully saturated rings. The molecule has 1 nitrogen and oxygen atoms in total. The van der Waals surface area contributed by atoms with Gasteiger partial charge >= 0.3 is 0 Å². The second-order valence-corrected chi connectivity index (χ2v) is 6.37. The second-order valence-electron chi connectivity index (χ2n) is 5.59. The van der Waals surface area contributed by atoms with Crippen molar-refractivity contribution in [3.8, 4) is 0 Å². The lowest BCUT2D eigenvalue weighted by atomic mass is 9.84. The number of hydrogen-bond acceptors (Lipinski definition) is 1. The molecule has 2 aliphatic rings. The molecule has 1 N–H and O–H groups in total. The van der Waals surface area contributed by atoms with Crippen LogP contribution in [0.2, 0.25) is 10.0 Å². The molecular weight excluding hydrogens is 272 g/mol. The van der Waals surface area contributed by atoms with Crippen molar-refractivity contribution in [2.45, 2.75) is 49.9 Å². The molecule has 3 rings (SSSR count). The van der Waals surface area contributed by atoms with Crippen molar-refractivity contribution in [3.05, 3.63) is 33.8 Å². The van der Waals surface area contributed by atoms with E-state index in [0.717, 1.165) is 18.4 Å². The lowest BCUT2D eigenvalue weighted by Crippen LogP contribution is -2.47. The van der Waals surface area contributed by atoms with Crippen LogP contribution in [0.3, 0.4) is 0 Å². The van der Waals surface area contributed by atoms with Crippen LogP contribution in [0.25, 0.3) is 0 Å². The molecule has 2 heterocycles. The van der Waals surface area contributed by atoms with Crippen molar-refractivity contribution in [2.24, 2.45) is 0 Å². The van der Waals surface area contributed by atoms with Gasteiger partial charge < -0.3 is 5.32 Å². The van der Waals surface area contributed by atoms with Gasteiger partial charge in [0.15, 0.2) is 0 Å². The summed E-state index contributed by atoms with van der Waals surface area (Å²) >= 11 is 12.1. The van der Waals surface area contributed by atoms with Crippen LogP contribution >= 0.6 is 23.2 Å². The van der Waals surface area contributed by atoms with Crippen LogP contribution in [-0.2, 0) is 6.42 Å². The monoisotopic (exact) mass is 287 g/mol. The molecule has 2 atom stereocenters. The van der Waals surface area contributed by atoms with E-state index in [-0.39, 0.29) is 0 Å². The van der Waals surface area contributed by atoms with E-state index in [1.54, 1.807) is 6.07 Å². The van der Waals surface area contributed by atoms with E-state index in [2.05, 4.69) is 5.32 Å². The number of nitrogens with one attached hydrogen (secondary N) is 1. The Balaban J connectivity index is 1.81. The highest BCUT2D eigenvalue weighted by molar-refractivity contribution is 6.42. The van der Waals surface area contributed by atoms with Crippen LogP contribution in [0.4, 0.5) is 4.39 Å². The molecule has 4 heteroatoms. The molecule has 18 heavy (non-hydrogen) atoms. The molecule has 0 spiro atoms. The van der Waals surface area contributed by atoms with E-state index in [9.17, 15) is 4.39 Å². The number of rotatable bonds is 2. The van der Waals surface area contributed by atoms with Crippen LogP contribution in [0.1, 0.15) is 31.2 Å². The van der Waals surface area contributed by atoms with Crippen LogP contribution in [0.15, 0.2) is 18.2 Å². The minimum atomic E-state index is -1.13. The summed E-state index contributed by atoms with van der Waals surface area (Å²) in [6.45, 7) is 0. The van der Waals surface area contributed by atoms with Crippen molar-refractivity contribution in [2.75, 3.05) is 0 Å². The highest BCUT2D eigenvalue weighted by Crippen LogP contribution is 2.40. The van der Waals surface area contributed by atoms with E-state index in [1.807, 2.05) is 12.1 Å². The zero-order valence-corrected chi connectivity index (χ0v) is 11.6. The van der Waals surface area contributed by atoms with Crippen molar-refractivity contribution in [3.63, 3.8) is 0 Å². The van der Waals surface area contributed by atoms with E-state index in [4.69, 9.17) is 23.2 Å². The topological polar surface area (TPSA) is 12.0 Å². The average molecular weight is 288 g/mol. The maximum absolute atomic E-state index is 15.0. The fourth-order valence-electron chi connectivity index (χ4n) is 3.36. The summed E-state index contributed by atoms with van der Waals surface area (Å²) in [6, 6.07) is 6.13. The third kappa shape index (κ3) is 2.38. The van der Waals surface area contributed by atoms with E-state index >= 15 is 0 Å². The predicted octanol–water partition coefficient (Wildman–Crippen LogP) is 4.16. The Kier molecular flexibility index (Phi) is 3.29. The summed E-state index contributed by atoms with van der Waals surface area (Å²) in [5.74, 6) is 0. The van der Waals surface area contributed by atoms with E-state index in [0.29, 0.717) is 41.4 Å². The van der Waals surface area contributed by atoms with E-state index < -0.39 is 5.67 Å². The first-order chi connectivity index (χ1) is 8.56. The molecule has 0 aliphatic carbocycles. The summed E-state index contributed by atoms with van der Waals surface area (Å²) in [4.78, 5) is 0. The molecule has 0 amide bonds. The van der Waals surface area contributed by atoms with Crippen molar-refractivity contribution in [1.82, 2.24) is 5.32 Å². The number of halogens is 3. The fourth-order valence-corrected chi connectivity index (χ4v) is 3.75. The molecule has 1 aromatic rings. The van der Waals surface area contributed by atoms with Crippen LogP contribution in [0, 0.1) is 0 Å². The van der Waals surface area contributed by atoms with Gasteiger partial charge in [0.25, 0.3) is 0 Å². The number of benzene rings is 1. The molecular formula is C14H16Cl2FN. The third-order valence-electron chi connectivity index (χ3n) is 4.10. The van der Waals surface area contributed by atoms with Gasteiger partial charge in [-0.2, -0.15) is 0 Å². The SMILES string of the molecule is FC1(Cc2cccc(Cl)c2Cl)CC2CCC(C1)N2. The molecule has 0 radical (unpaired) electrons. The quantitative estimate of drug-likeness (QED) is 0.861. The van der Waals surface area contributed by atoms with Gasteiger partial charge in [-0.05, 0) is 37.3 Å². The highest BCUT2D eigenvalue weighted by Gasteiger charge is 2.44. The highest BCUT2D eigenvalue weighted by atomic mass is 35.5. The van der Waals surface area contributed by atoms with Gasteiger partial charge in [0, 0.05) is 18.5 Å². The average Bonchev–Trinajstić information content (AvgIpc) is 2.65. The lowest BCUT2D eigenvalue weighted by molar-refractivity contribution is 0.0894. The Morgan fingerprint density at radius 3 is 2.56 bits per heavy atom. The van der Waals surface area contributed by atoms with Crippen LogP contribution in [0.5, 0.6) is 0 Å². The summed E-state index contributed by atoms with van der Waals surface area (Å²) in [5.41, 5.74) is -0.307. The summed E-state index contributed by atoms with van der Waals surface area (Å²) in [5, 5.41) is 4.47. The maximum Gasteiger partial charge on any atom is 0.118 e. The van der Waals surface area contributed by atoms with E-state index in [1.165, 1.54) is 0 Å². The van der Waals surface area contributed by atoms with Gasteiger partial charge in [0.2, 0.25) is 0 Å². The number of alkyl halides is 1. The second kappa shape index (κ2) is 4.66. The largest absolute Gasteiger partial charge is 0.311 e. The van der Waals surface area contributed by atoms with Crippen molar-refractivity contribution in [1.29, 1.82) is 0 Å². The zero-order chi connectivity index (χ0) is 12.8. The number of piperidine rings is 1. The van der Waals surface area contributed by atoms with Gasteiger partial charge in [-0.15, -0.1) is 0 Å². The van der Waals surface area contributed by atoms with Crippen molar-refractivity contribution >= 4 is 23.2 Å². The molecule has 2 saturated heterocycles. The standard InChI is InChI=1S/C14H16Cl2FN/c15-12-3-1-2-9(13(12)16)6-14(17)7-10-4-5-11(8-14)18-10/h1-3,10-11,18H,4-8H2. The predicted molar refractivity (Wildman–Crippen MR) is 73.2 cm³/mol. The van der Waals surface area contributed by atoms with Gasteiger partial charge in [-0.25, -0.2) is 4.39 Å². The Labute approximate surface area is 117 Å². The molecule has 2 aliphatic heterocycles. The third-order valence-corrected chi connectivity index (χ3v) is 4.96. The Morgan fingerprint density at radius 2 is 1.89 bits per heavy atom. The Morgan fingerprint density at radius 1 is 1.22 bits per heavy atom. The first-order valence-corrected chi connectivity index (χ1v) is 7.19. The summed E-state index contributed by atoms with van der Waals surface area (Å²) in [7, 11) is 0. The Hall–Kier alpha value is -0.310. The fraction of sp³-hybridized carbons (Fsp3) is 0.571. The minimum absolute atomic E-state index is 0.340. The number of hydrogen-bond donors (Lipinski definition) is 1. The molecule has 0 aromatic heterocycles. The summed E-state index contributed by atoms with van der Waals surface area (Å²) in [6.07, 6.45) is 3.75. The first kappa shape index (κ1) is 12.7. The molecule has 2 bridgehead atoms. The number of fused-ring (bicyclic) bond motifs is 2. The molecule has 0 saturated carbocycles. The minimum Gasteiger partial charge on any atom is -0.311 e. The Bertz CT molecular complexity index is 451. The zero-order valence-electron chi connectivity index (χ0n) is 10.1. The lowest BCUT2D eigenvalue weighted by Gasteiger charge is -2.35.